The molecule has 0 atom stereocenters. The fraction of sp³-hybridized carbons (Fsp3) is 0.467. The fourth-order valence-corrected chi connectivity index (χ4v) is 7.36. The van der Waals surface area contributed by atoms with Gasteiger partial charge in [0.25, 0.3) is 5.91 Å². The molecule has 40 heavy (non-hydrogen) atoms. The van der Waals surface area contributed by atoms with Crippen molar-refractivity contribution in [1.29, 1.82) is 0 Å². The highest BCUT2D eigenvalue weighted by Crippen LogP contribution is 2.36. The van der Waals surface area contributed by atoms with Crippen LogP contribution in [0.15, 0.2) is 48.7 Å². The van der Waals surface area contributed by atoms with Gasteiger partial charge < -0.3 is 15.2 Å². The smallest absolute Gasteiger partial charge is 0.361 e. The van der Waals surface area contributed by atoms with E-state index in [1.54, 1.807) is 12.1 Å². The van der Waals surface area contributed by atoms with Gasteiger partial charge in [0.2, 0.25) is 0 Å². The highest BCUT2D eigenvalue weighted by Gasteiger charge is 2.35. The summed E-state index contributed by atoms with van der Waals surface area (Å²) >= 11 is 1.20. The summed E-state index contributed by atoms with van der Waals surface area (Å²) in [4.78, 5) is 20.0. The molecule has 1 aliphatic carbocycles. The second-order valence-corrected chi connectivity index (χ2v) is 12.3. The standard InChI is InChI=1S/C30H34F3N5OS/c1-37-25(16-28(36-37)30(31,32)33)26-10-11-27(40-26)29(39)35-21-8-6-19(7-9-21)18-38-14-12-20(13-15-38)23-17-34-24-5-3-2-4-22(23)24/h2-5,10-11,16-17,19-21,34H,6-9,12-15,18H2,1H3,(H,35,39). The fourth-order valence-electron chi connectivity index (χ4n) is 6.40. The first-order valence-corrected chi connectivity index (χ1v) is 14.9. The van der Waals surface area contributed by atoms with Gasteiger partial charge in [-0.05, 0) is 93.3 Å². The summed E-state index contributed by atoms with van der Waals surface area (Å²) in [5, 5.41) is 8.08. The number of amides is 1. The minimum atomic E-state index is -4.50. The molecule has 3 aromatic heterocycles. The average Bonchev–Trinajstić information content (AvgIpc) is 3.68. The molecule has 6 nitrogen and oxygen atoms in total. The molecule has 1 saturated heterocycles. The molecule has 1 aliphatic heterocycles. The Hall–Kier alpha value is -3.11. The summed E-state index contributed by atoms with van der Waals surface area (Å²) in [6.45, 7) is 3.38. The lowest BCUT2D eigenvalue weighted by molar-refractivity contribution is -0.141. The van der Waals surface area contributed by atoms with Gasteiger partial charge in [0.05, 0.1) is 15.4 Å². The van der Waals surface area contributed by atoms with E-state index < -0.39 is 11.9 Å². The zero-order valence-electron chi connectivity index (χ0n) is 22.5. The number of carbonyl (C=O) groups is 1. The Labute approximate surface area is 235 Å². The molecule has 0 bridgehead atoms. The third-order valence-electron chi connectivity index (χ3n) is 8.60. The second-order valence-electron chi connectivity index (χ2n) is 11.3. The van der Waals surface area contributed by atoms with Gasteiger partial charge in [0, 0.05) is 36.7 Å². The number of aromatic nitrogens is 3. The van der Waals surface area contributed by atoms with Gasteiger partial charge in [-0.3, -0.25) is 9.48 Å². The monoisotopic (exact) mass is 569 g/mol. The van der Waals surface area contributed by atoms with Crippen molar-refractivity contribution in [2.45, 2.75) is 56.7 Å². The maximum atomic E-state index is 13.0. The second kappa shape index (κ2) is 11.0. The molecule has 0 spiro atoms. The topological polar surface area (TPSA) is 66.0 Å². The molecule has 4 heterocycles. The highest BCUT2D eigenvalue weighted by atomic mass is 32.1. The quantitative estimate of drug-likeness (QED) is 0.268. The van der Waals surface area contributed by atoms with Crippen molar-refractivity contribution >= 4 is 28.1 Å². The number of nitrogens with zero attached hydrogens (tertiary/aromatic N) is 3. The molecule has 4 aromatic rings. The van der Waals surface area contributed by atoms with Crippen molar-refractivity contribution in [3.8, 4) is 10.6 Å². The zero-order valence-corrected chi connectivity index (χ0v) is 23.3. The van der Waals surface area contributed by atoms with Crippen molar-refractivity contribution in [2.75, 3.05) is 19.6 Å². The van der Waals surface area contributed by atoms with Crippen LogP contribution in [0.25, 0.3) is 21.5 Å². The number of para-hydroxylation sites is 1. The van der Waals surface area contributed by atoms with E-state index in [1.165, 1.54) is 52.4 Å². The predicted molar refractivity (Wildman–Crippen MR) is 151 cm³/mol. The van der Waals surface area contributed by atoms with Crippen LogP contribution < -0.4 is 5.32 Å². The van der Waals surface area contributed by atoms with Crippen LogP contribution in [0.3, 0.4) is 0 Å². The van der Waals surface area contributed by atoms with Crippen molar-refractivity contribution in [1.82, 2.24) is 25.0 Å². The first kappa shape index (κ1) is 27.1. The van der Waals surface area contributed by atoms with Gasteiger partial charge in [-0.25, -0.2) is 0 Å². The van der Waals surface area contributed by atoms with Crippen LogP contribution >= 0.6 is 11.3 Å². The van der Waals surface area contributed by atoms with Crippen LogP contribution in [0.4, 0.5) is 13.2 Å². The Morgan fingerprint density at radius 1 is 1.07 bits per heavy atom. The highest BCUT2D eigenvalue weighted by molar-refractivity contribution is 7.17. The van der Waals surface area contributed by atoms with Crippen molar-refractivity contribution in [3.63, 3.8) is 0 Å². The Bertz CT molecular complexity index is 1470. The molecule has 1 aromatic carbocycles. The van der Waals surface area contributed by atoms with Crippen LogP contribution in [0.1, 0.15) is 65.4 Å². The minimum absolute atomic E-state index is 0.135. The number of thiophene rings is 1. The lowest BCUT2D eigenvalue weighted by Crippen LogP contribution is -2.41. The van der Waals surface area contributed by atoms with Crippen LogP contribution in [0.2, 0.25) is 0 Å². The number of rotatable bonds is 6. The van der Waals surface area contributed by atoms with E-state index in [2.05, 4.69) is 50.8 Å². The number of halogens is 3. The third-order valence-corrected chi connectivity index (χ3v) is 9.71. The number of aromatic amines is 1. The molecule has 212 valence electrons. The summed E-state index contributed by atoms with van der Waals surface area (Å²) in [6.07, 6.45) is 4.17. The van der Waals surface area contributed by atoms with E-state index in [4.69, 9.17) is 0 Å². The van der Waals surface area contributed by atoms with Crippen LogP contribution in [-0.4, -0.2) is 51.2 Å². The van der Waals surface area contributed by atoms with Crippen molar-refractivity contribution in [3.05, 3.63) is 64.8 Å². The van der Waals surface area contributed by atoms with Crippen molar-refractivity contribution in [2.24, 2.45) is 13.0 Å². The van der Waals surface area contributed by atoms with Gasteiger partial charge in [-0.15, -0.1) is 11.3 Å². The number of carbonyl (C=O) groups excluding carboxylic acids is 1. The molecule has 2 N–H and O–H groups in total. The predicted octanol–water partition coefficient (Wildman–Crippen LogP) is 6.82. The SMILES string of the molecule is Cn1nc(C(F)(F)F)cc1-c1ccc(C(=O)NC2CCC(CN3CCC(c4c[nH]c5ccccc45)CC3)CC2)s1. The number of nitrogens with one attached hydrogen (secondary N) is 2. The average molecular weight is 570 g/mol. The molecule has 10 heteroatoms. The summed E-state index contributed by atoms with van der Waals surface area (Å²) in [6, 6.07) is 13.1. The molecular formula is C30H34F3N5OS. The van der Waals surface area contributed by atoms with Gasteiger partial charge in [0.1, 0.15) is 0 Å². The number of hydrogen-bond acceptors (Lipinski definition) is 4. The van der Waals surface area contributed by atoms with Gasteiger partial charge in [0.15, 0.2) is 5.69 Å². The van der Waals surface area contributed by atoms with E-state index in [0.29, 0.717) is 27.3 Å². The van der Waals surface area contributed by atoms with Crippen LogP contribution in [0.5, 0.6) is 0 Å². The summed E-state index contributed by atoms with van der Waals surface area (Å²) in [7, 11) is 1.48. The van der Waals surface area contributed by atoms with Gasteiger partial charge >= 0.3 is 6.18 Å². The molecule has 2 fully saturated rings. The largest absolute Gasteiger partial charge is 0.435 e. The zero-order chi connectivity index (χ0) is 27.9. The number of likely N-dealkylation sites (tertiary alicyclic amines) is 1. The first-order chi connectivity index (χ1) is 19.2. The Balaban J connectivity index is 0.963. The van der Waals surface area contributed by atoms with E-state index in [0.717, 1.165) is 51.4 Å². The number of hydrogen-bond donors (Lipinski definition) is 2. The van der Waals surface area contributed by atoms with E-state index in [9.17, 15) is 18.0 Å². The van der Waals surface area contributed by atoms with E-state index in [-0.39, 0.29) is 11.9 Å². The van der Waals surface area contributed by atoms with Crippen LogP contribution in [-0.2, 0) is 13.2 Å². The summed E-state index contributed by atoms with van der Waals surface area (Å²) < 4.78 is 40.3. The lowest BCUT2D eigenvalue weighted by atomic mass is 9.84. The third kappa shape index (κ3) is 5.69. The summed E-state index contributed by atoms with van der Waals surface area (Å²) in [5.74, 6) is 1.11. The Morgan fingerprint density at radius 2 is 1.82 bits per heavy atom. The Kier molecular flexibility index (Phi) is 7.48. The molecular weight excluding hydrogens is 535 g/mol. The van der Waals surface area contributed by atoms with Gasteiger partial charge in [-0.2, -0.15) is 18.3 Å². The summed E-state index contributed by atoms with van der Waals surface area (Å²) in [5.41, 5.74) is 2.09. The molecule has 2 aliphatic rings. The van der Waals surface area contributed by atoms with Crippen LogP contribution in [0, 0.1) is 5.92 Å². The number of piperidine rings is 1. The number of aryl methyl sites for hydroxylation is 1. The molecule has 1 saturated carbocycles. The van der Waals surface area contributed by atoms with E-state index in [1.807, 2.05) is 0 Å². The number of fused-ring (bicyclic) bond motifs is 1. The maximum Gasteiger partial charge on any atom is 0.435 e. The molecule has 0 unspecified atom stereocenters. The minimum Gasteiger partial charge on any atom is -0.361 e. The lowest BCUT2D eigenvalue weighted by Gasteiger charge is -2.36. The first-order valence-electron chi connectivity index (χ1n) is 14.1. The number of alkyl halides is 3. The Morgan fingerprint density at radius 3 is 2.55 bits per heavy atom. The van der Waals surface area contributed by atoms with Gasteiger partial charge in [-0.1, -0.05) is 18.2 Å². The molecule has 6 rings (SSSR count). The number of H-pyrrole nitrogens is 1. The molecule has 1 amide bonds. The molecule has 0 radical (unpaired) electrons. The van der Waals surface area contributed by atoms with Crippen molar-refractivity contribution < 1.29 is 18.0 Å². The van der Waals surface area contributed by atoms with E-state index >= 15 is 0 Å². The number of benzene rings is 1. The maximum absolute atomic E-state index is 13.0. The normalized spacial score (nSPS) is 21.2.